The number of aliphatic hydroxyl groups is 2. The van der Waals surface area contributed by atoms with Gasteiger partial charge >= 0.3 is 5.97 Å². The van der Waals surface area contributed by atoms with Gasteiger partial charge in [-0.3, -0.25) is 9.59 Å². The number of unbranched alkanes of at least 4 members (excludes halogenated alkanes) is 27. The molecule has 61 heavy (non-hydrogen) atoms. The number of hydrogen-bond acceptors (Lipinski definition) is 5. The molecule has 6 nitrogen and oxygen atoms in total. The average molecular weight is 856 g/mol. The van der Waals surface area contributed by atoms with Gasteiger partial charge in [-0.15, -0.1) is 0 Å². The molecule has 3 atom stereocenters. The fraction of sp³-hybridized carbons (Fsp3) is 0.818. The molecule has 6 heteroatoms. The highest BCUT2D eigenvalue weighted by molar-refractivity contribution is 5.77. The van der Waals surface area contributed by atoms with Gasteiger partial charge in [-0.05, 0) is 83.5 Å². The summed E-state index contributed by atoms with van der Waals surface area (Å²) in [6.45, 7) is 6.39. The second-order valence-electron chi connectivity index (χ2n) is 17.9. The van der Waals surface area contributed by atoms with Crippen LogP contribution in [-0.2, 0) is 14.3 Å². The number of esters is 1. The van der Waals surface area contributed by atoms with E-state index in [1.807, 2.05) is 0 Å². The van der Waals surface area contributed by atoms with Crippen molar-refractivity contribution in [3.63, 3.8) is 0 Å². The molecule has 1 amide bonds. The van der Waals surface area contributed by atoms with Gasteiger partial charge in [0.05, 0.1) is 25.2 Å². The van der Waals surface area contributed by atoms with Crippen molar-refractivity contribution in [1.29, 1.82) is 0 Å². The summed E-state index contributed by atoms with van der Waals surface area (Å²) in [6.07, 6.45) is 59.0. The lowest BCUT2D eigenvalue weighted by Gasteiger charge is -2.24. The molecule has 356 valence electrons. The van der Waals surface area contributed by atoms with Gasteiger partial charge in [-0.1, -0.05) is 217 Å². The molecule has 0 aromatic rings. The van der Waals surface area contributed by atoms with Gasteiger partial charge in [0.25, 0.3) is 0 Å². The summed E-state index contributed by atoms with van der Waals surface area (Å²) in [5.74, 6) is -0.515. The number of carbonyl (C=O) groups is 2. The quantitative estimate of drug-likeness (QED) is 0.0322. The molecule has 0 radical (unpaired) electrons. The van der Waals surface area contributed by atoms with E-state index in [9.17, 15) is 19.8 Å². The molecule has 0 saturated carbocycles. The van der Waals surface area contributed by atoms with E-state index < -0.39 is 18.2 Å². The number of allylic oxidation sites excluding steroid dienone is 8. The van der Waals surface area contributed by atoms with E-state index in [4.69, 9.17) is 4.74 Å². The molecule has 3 unspecified atom stereocenters. The van der Waals surface area contributed by atoms with Crippen molar-refractivity contribution >= 4 is 11.9 Å². The highest BCUT2D eigenvalue weighted by Gasteiger charge is 2.24. The van der Waals surface area contributed by atoms with Gasteiger partial charge in [0.1, 0.15) is 6.10 Å². The average Bonchev–Trinajstić information content (AvgIpc) is 3.25. The molecule has 0 bridgehead atoms. The SMILES string of the molecule is CCC/C=C\CCCCCC(CC(=O)NC(CO)C(O)CCCCCCCCCCCCCCCCCCC)OC(=O)CCCCCC/C=C\C/C=C\C/C=C\CCCCC. The van der Waals surface area contributed by atoms with Crippen molar-refractivity contribution in [2.45, 2.75) is 283 Å². The molecule has 0 saturated heterocycles. The Kier molecular flexibility index (Phi) is 47.1. The largest absolute Gasteiger partial charge is 0.462 e. The third kappa shape index (κ3) is 44.2. The van der Waals surface area contributed by atoms with Crippen LogP contribution in [0, 0.1) is 0 Å². The number of ether oxygens (including phenoxy) is 1. The zero-order valence-electron chi connectivity index (χ0n) is 40.5. The third-order valence-corrected chi connectivity index (χ3v) is 11.9. The second-order valence-corrected chi connectivity index (χ2v) is 17.9. The molecule has 0 rings (SSSR count). The minimum absolute atomic E-state index is 0.0573. The van der Waals surface area contributed by atoms with Gasteiger partial charge in [0, 0.05) is 6.42 Å². The molecule has 0 fully saturated rings. The van der Waals surface area contributed by atoms with Crippen LogP contribution in [0.1, 0.15) is 265 Å². The normalized spacial score (nSPS) is 13.6. The summed E-state index contributed by atoms with van der Waals surface area (Å²) < 4.78 is 5.89. The fourth-order valence-electron chi connectivity index (χ4n) is 7.85. The van der Waals surface area contributed by atoms with Gasteiger partial charge in [-0.2, -0.15) is 0 Å². The first kappa shape index (κ1) is 58.8. The van der Waals surface area contributed by atoms with E-state index in [1.54, 1.807) is 0 Å². The van der Waals surface area contributed by atoms with E-state index in [2.05, 4.69) is 74.7 Å². The van der Waals surface area contributed by atoms with E-state index in [0.29, 0.717) is 19.3 Å². The predicted octanol–water partition coefficient (Wildman–Crippen LogP) is 15.8. The van der Waals surface area contributed by atoms with Crippen LogP contribution in [-0.4, -0.2) is 46.9 Å². The van der Waals surface area contributed by atoms with Crippen molar-refractivity contribution in [3.05, 3.63) is 48.6 Å². The molecule has 0 aromatic carbocycles. The number of aliphatic hydroxyl groups excluding tert-OH is 2. The minimum Gasteiger partial charge on any atom is -0.462 e. The summed E-state index contributed by atoms with van der Waals surface area (Å²) >= 11 is 0. The predicted molar refractivity (Wildman–Crippen MR) is 264 cm³/mol. The Morgan fingerprint density at radius 1 is 0.475 bits per heavy atom. The van der Waals surface area contributed by atoms with Gasteiger partial charge < -0.3 is 20.3 Å². The zero-order valence-corrected chi connectivity index (χ0v) is 40.5. The van der Waals surface area contributed by atoms with Crippen LogP contribution in [0.4, 0.5) is 0 Å². The van der Waals surface area contributed by atoms with Crippen LogP contribution < -0.4 is 5.32 Å². The summed E-state index contributed by atoms with van der Waals surface area (Å²) in [5.41, 5.74) is 0. The lowest BCUT2D eigenvalue weighted by atomic mass is 10.0. The summed E-state index contributed by atoms with van der Waals surface area (Å²) in [7, 11) is 0. The lowest BCUT2D eigenvalue weighted by Crippen LogP contribution is -2.46. The molecule has 0 heterocycles. The molecule has 0 spiro atoms. The Labute approximate surface area is 378 Å². The van der Waals surface area contributed by atoms with Crippen molar-refractivity contribution in [3.8, 4) is 0 Å². The van der Waals surface area contributed by atoms with Crippen molar-refractivity contribution in [2.24, 2.45) is 0 Å². The van der Waals surface area contributed by atoms with Crippen molar-refractivity contribution in [1.82, 2.24) is 5.32 Å². The maximum absolute atomic E-state index is 13.2. The van der Waals surface area contributed by atoms with E-state index in [1.165, 1.54) is 116 Å². The summed E-state index contributed by atoms with van der Waals surface area (Å²) in [5, 5.41) is 23.7. The van der Waals surface area contributed by atoms with E-state index in [0.717, 1.165) is 103 Å². The first-order valence-corrected chi connectivity index (χ1v) is 26.4. The molecule has 0 aliphatic carbocycles. The van der Waals surface area contributed by atoms with Gasteiger partial charge in [0.15, 0.2) is 0 Å². The Bertz CT molecular complexity index is 1050. The van der Waals surface area contributed by atoms with Crippen LogP contribution in [0.25, 0.3) is 0 Å². The maximum Gasteiger partial charge on any atom is 0.306 e. The van der Waals surface area contributed by atoms with E-state index >= 15 is 0 Å². The van der Waals surface area contributed by atoms with E-state index in [-0.39, 0.29) is 24.9 Å². The molecule has 3 N–H and O–H groups in total. The Balaban J connectivity index is 4.41. The minimum atomic E-state index is -0.795. The lowest BCUT2D eigenvalue weighted by molar-refractivity contribution is -0.151. The molecular weight excluding hydrogens is 755 g/mol. The second kappa shape index (κ2) is 48.8. The Hall–Kier alpha value is -2.18. The van der Waals surface area contributed by atoms with Gasteiger partial charge in [0.2, 0.25) is 5.91 Å². The van der Waals surface area contributed by atoms with Crippen LogP contribution in [0.5, 0.6) is 0 Å². The Morgan fingerprint density at radius 2 is 0.869 bits per heavy atom. The molecule has 0 aliphatic heterocycles. The highest BCUT2D eigenvalue weighted by Crippen LogP contribution is 2.18. The number of rotatable bonds is 47. The third-order valence-electron chi connectivity index (χ3n) is 11.9. The van der Waals surface area contributed by atoms with Crippen LogP contribution in [0.15, 0.2) is 48.6 Å². The topological polar surface area (TPSA) is 95.9 Å². The molecule has 0 aliphatic rings. The first-order chi connectivity index (χ1) is 30.0. The first-order valence-electron chi connectivity index (χ1n) is 26.4. The standard InChI is InChI=1S/C55H101NO5/c1-4-7-10-13-16-19-21-23-25-27-29-31-33-35-38-41-44-47-53(58)52(50-57)56-54(59)49-51(46-43-40-37-18-15-12-9-6-3)61-55(60)48-45-42-39-36-34-32-30-28-26-24-22-20-17-14-11-8-5-2/h12,15,17,20,24,26,30,32,51-53,57-58H,4-11,13-14,16,18-19,21-23,25,27-29,31,33-50H2,1-3H3,(H,56,59)/b15-12-,20-17-,26-24-,32-30-. The van der Waals surface area contributed by atoms with Gasteiger partial charge in [-0.25, -0.2) is 0 Å². The number of carbonyl (C=O) groups excluding carboxylic acids is 2. The maximum atomic E-state index is 13.2. The van der Waals surface area contributed by atoms with Crippen LogP contribution in [0.2, 0.25) is 0 Å². The molecular formula is C55H101NO5. The number of nitrogens with one attached hydrogen (secondary N) is 1. The van der Waals surface area contributed by atoms with Crippen LogP contribution >= 0.6 is 0 Å². The smallest absolute Gasteiger partial charge is 0.306 e. The number of hydrogen-bond donors (Lipinski definition) is 3. The van der Waals surface area contributed by atoms with Crippen LogP contribution in [0.3, 0.4) is 0 Å². The summed E-state index contributed by atoms with van der Waals surface area (Å²) in [6, 6.07) is -0.710. The van der Waals surface area contributed by atoms with Crippen molar-refractivity contribution in [2.75, 3.05) is 6.61 Å². The van der Waals surface area contributed by atoms with Crippen molar-refractivity contribution < 1.29 is 24.5 Å². The molecule has 0 aromatic heterocycles. The number of amides is 1. The highest BCUT2D eigenvalue weighted by atomic mass is 16.5. The fourth-order valence-corrected chi connectivity index (χ4v) is 7.85. The summed E-state index contributed by atoms with van der Waals surface area (Å²) in [4.78, 5) is 26.0. The monoisotopic (exact) mass is 856 g/mol. The Morgan fingerprint density at radius 3 is 1.39 bits per heavy atom. The zero-order chi connectivity index (χ0) is 44.5.